The van der Waals surface area contributed by atoms with Crippen LogP contribution in [0.2, 0.25) is 0 Å². The van der Waals surface area contributed by atoms with Crippen molar-refractivity contribution in [2.75, 3.05) is 6.61 Å². The highest BCUT2D eigenvalue weighted by Crippen LogP contribution is 2.27. The van der Waals surface area contributed by atoms with Crippen LogP contribution in [0.3, 0.4) is 0 Å². The van der Waals surface area contributed by atoms with Gasteiger partial charge in [-0.15, -0.1) is 0 Å². The number of aliphatic hydroxyl groups excluding tert-OH is 1. The number of carbonyl (C=O) groups is 2. The van der Waals surface area contributed by atoms with Crippen LogP contribution in [0.5, 0.6) is 0 Å². The molecule has 3 N–H and O–H groups in total. The highest BCUT2D eigenvalue weighted by atomic mass is 16.5. The molecular weight excluding hydrogens is 262 g/mol. The summed E-state index contributed by atoms with van der Waals surface area (Å²) in [7, 11) is 0. The minimum absolute atomic E-state index is 0.232. The van der Waals surface area contributed by atoms with Crippen molar-refractivity contribution in [2.24, 2.45) is 5.92 Å². The maximum atomic E-state index is 11.5. The summed E-state index contributed by atoms with van der Waals surface area (Å²) in [5.41, 5.74) is 0. The second kappa shape index (κ2) is 8.79. The molecule has 0 aromatic heterocycles. The average molecular weight is 287 g/mol. The number of rotatable bonds is 7. The number of alkyl carbamates (subject to hydrolysis) is 1. The number of hydrogen-bond acceptors (Lipinski definition) is 4. The van der Waals surface area contributed by atoms with Crippen molar-refractivity contribution >= 4 is 12.1 Å². The van der Waals surface area contributed by atoms with Crippen LogP contribution in [-0.2, 0) is 9.53 Å². The van der Waals surface area contributed by atoms with Gasteiger partial charge in [-0.05, 0) is 44.4 Å². The number of nitrogens with one attached hydrogen (secondary N) is 1. The molecule has 1 atom stereocenters. The van der Waals surface area contributed by atoms with Gasteiger partial charge in [0.1, 0.15) is 6.04 Å². The molecule has 6 nitrogen and oxygen atoms in total. The Kier molecular flexibility index (Phi) is 7.36. The SMILES string of the molecule is CCCCOC(=O)NC(CC1CCC(O)CC1)C(=O)O. The zero-order valence-electron chi connectivity index (χ0n) is 12.0. The first-order chi connectivity index (χ1) is 9.52. The van der Waals surface area contributed by atoms with Crippen LogP contribution in [0.15, 0.2) is 0 Å². The van der Waals surface area contributed by atoms with Gasteiger partial charge in [0.05, 0.1) is 12.7 Å². The number of unbranched alkanes of at least 4 members (excludes halogenated alkanes) is 1. The summed E-state index contributed by atoms with van der Waals surface area (Å²) < 4.78 is 4.92. The van der Waals surface area contributed by atoms with Crippen molar-refractivity contribution in [3.8, 4) is 0 Å². The molecule has 1 aliphatic rings. The number of carboxylic acid groups (broad SMARTS) is 1. The molecule has 1 aliphatic carbocycles. The number of aliphatic hydroxyl groups is 1. The molecule has 1 rings (SSSR count). The van der Waals surface area contributed by atoms with Gasteiger partial charge in [0.25, 0.3) is 0 Å². The van der Waals surface area contributed by atoms with Crippen molar-refractivity contribution in [3.05, 3.63) is 0 Å². The lowest BCUT2D eigenvalue weighted by Crippen LogP contribution is -2.42. The lowest BCUT2D eigenvalue weighted by atomic mass is 9.83. The third kappa shape index (κ3) is 6.23. The second-order valence-electron chi connectivity index (χ2n) is 5.43. The largest absolute Gasteiger partial charge is 0.480 e. The summed E-state index contributed by atoms with van der Waals surface area (Å²) in [5.74, 6) is -0.806. The van der Waals surface area contributed by atoms with E-state index in [1.807, 2.05) is 6.92 Å². The molecule has 20 heavy (non-hydrogen) atoms. The van der Waals surface area contributed by atoms with Crippen molar-refractivity contribution < 1.29 is 24.5 Å². The fourth-order valence-electron chi connectivity index (χ4n) is 2.43. The molecule has 0 aromatic rings. The molecule has 116 valence electrons. The monoisotopic (exact) mass is 287 g/mol. The zero-order chi connectivity index (χ0) is 15.0. The first-order valence-corrected chi connectivity index (χ1v) is 7.37. The lowest BCUT2D eigenvalue weighted by Gasteiger charge is -2.27. The van der Waals surface area contributed by atoms with E-state index < -0.39 is 18.1 Å². The maximum Gasteiger partial charge on any atom is 0.407 e. The molecule has 0 aromatic carbocycles. The van der Waals surface area contributed by atoms with Gasteiger partial charge in [0.2, 0.25) is 0 Å². The molecule has 0 spiro atoms. The quantitative estimate of drug-likeness (QED) is 0.622. The summed E-state index contributed by atoms with van der Waals surface area (Å²) >= 11 is 0. The normalized spacial score (nSPS) is 23.9. The van der Waals surface area contributed by atoms with E-state index in [1.165, 1.54) is 0 Å². The number of ether oxygens (including phenoxy) is 1. The molecule has 0 aliphatic heterocycles. The first-order valence-electron chi connectivity index (χ1n) is 7.37. The van der Waals surface area contributed by atoms with E-state index in [-0.39, 0.29) is 12.0 Å². The Hall–Kier alpha value is -1.30. The Morgan fingerprint density at radius 1 is 1.30 bits per heavy atom. The van der Waals surface area contributed by atoms with Crippen LogP contribution in [0.1, 0.15) is 51.9 Å². The van der Waals surface area contributed by atoms with Crippen molar-refractivity contribution in [2.45, 2.75) is 64.0 Å². The number of carboxylic acids is 1. The summed E-state index contributed by atoms with van der Waals surface area (Å²) in [4.78, 5) is 22.7. The van der Waals surface area contributed by atoms with Gasteiger partial charge < -0.3 is 20.3 Å². The van der Waals surface area contributed by atoms with E-state index in [0.717, 1.165) is 25.7 Å². The highest BCUT2D eigenvalue weighted by Gasteiger charge is 2.27. The predicted molar refractivity (Wildman–Crippen MR) is 73.4 cm³/mol. The van der Waals surface area contributed by atoms with Crippen LogP contribution in [-0.4, -0.2) is 41.0 Å². The van der Waals surface area contributed by atoms with E-state index in [0.29, 0.717) is 25.9 Å². The predicted octanol–water partition coefficient (Wildman–Crippen LogP) is 1.91. The number of amides is 1. The van der Waals surface area contributed by atoms with Crippen LogP contribution < -0.4 is 5.32 Å². The number of carbonyl (C=O) groups excluding carboxylic acids is 1. The molecule has 1 unspecified atom stereocenters. The van der Waals surface area contributed by atoms with E-state index >= 15 is 0 Å². The molecular formula is C14H25NO5. The molecule has 0 saturated heterocycles. The van der Waals surface area contributed by atoms with Crippen molar-refractivity contribution in [3.63, 3.8) is 0 Å². The van der Waals surface area contributed by atoms with Gasteiger partial charge >= 0.3 is 12.1 Å². The van der Waals surface area contributed by atoms with Gasteiger partial charge in [-0.25, -0.2) is 9.59 Å². The molecule has 0 radical (unpaired) electrons. The summed E-state index contributed by atoms with van der Waals surface area (Å²) in [6, 6.07) is -0.913. The van der Waals surface area contributed by atoms with E-state index in [9.17, 15) is 14.7 Å². The fraction of sp³-hybridized carbons (Fsp3) is 0.857. The standard InChI is InChI=1S/C14H25NO5/c1-2-3-8-20-14(19)15-12(13(17)18)9-10-4-6-11(16)7-5-10/h10-12,16H,2-9H2,1H3,(H,15,19)(H,17,18). The summed E-state index contributed by atoms with van der Waals surface area (Å²) in [5, 5.41) is 21.0. The maximum absolute atomic E-state index is 11.5. The van der Waals surface area contributed by atoms with Gasteiger partial charge in [0, 0.05) is 0 Å². The van der Waals surface area contributed by atoms with Gasteiger partial charge in [-0.2, -0.15) is 0 Å². The van der Waals surface area contributed by atoms with Gasteiger partial charge in [0.15, 0.2) is 0 Å². The van der Waals surface area contributed by atoms with Gasteiger partial charge in [-0.1, -0.05) is 13.3 Å². The van der Waals surface area contributed by atoms with E-state index in [4.69, 9.17) is 9.84 Å². The minimum Gasteiger partial charge on any atom is -0.480 e. The van der Waals surface area contributed by atoms with Crippen LogP contribution in [0.25, 0.3) is 0 Å². The smallest absolute Gasteiger partial charge is 0.407 e. The third-order valence-corrected chi connectivity index (χ3v) is 3.71. The zero-order valence-corrected chi connectivity index (χ0v) is 12.0. The van der Waals surface area contributed by atoms with E-state index in [2.05, 4.69) is 5.32 Å². The minimum atomic E-state index is -1.04. The van der Waals surface area contributed by atoms with Crippen molar-refractivity contribution in [1.29, 1.82) is 0 Å². The first kappa shape index (κ1) is 16.8. The molecule has 6 heteroatoms. The fourth-order valence-corrected chi connectivity index (χ4v) is 2.43. The highest BCUT2D eigenvalue weighted by molar-refractivity contribution is 5.79. The molecule has 0 heterocycles. The third-order valence-electron chi connectivity index (χ3n) is 3.71. The molecule has 1 fully saturated rings. The van der Waals surface area contributed by atoms with Crippen LogP contribution in [0, 0.1) is 5.92 Å². The van der Waals surface area contributed by atoms with Crippen LogP contribution in [0.4, 0.5) is 4.79 Å². The Labute approximate surface area is 119 Å². The molecule has 1 saturated carbocycles. The van der Waals surface area contributed by atoms with Gasteiger partial charge in [-0.3, -0.25) is 0 Å². The van der Waals surface area contributed by atoms with Crippen LogP contribution >= 0.6 is 0 Å². The molecule has 1 amide bonds. The molecule has 0 bridgehead atoms. The van der Waals surface area contributed by atoms with Crippen molar-refractivity contribution in [1.82, 2.24) is 5.32 Å². The topological polar surface area (TPSA) is 95.9 Å². The Balaban J connectivity index is 2.36. The Bertz CT molecular complexity index is 313. The van der Waals surface area contributed by atoms with E-state index in [1.54, 1.807) is 0 Å². The summed E-state index contributed by atoms with van der Waals surface area (Å²) in [6.07, 6.45) is 4.17. The lowest BCUT2D eigenvalue weighted by molar-refractivity contribution is -0.140. The second-order valence-corrected chi connectivity index (χ2v) is 5.43. The number of aliphatic carboxylic acids is 1. The average Bonchev–Trinajstić information content (AvgIpc) is 2.40. The summed E-state index contributed by atoms with van der Waals surface area (Å²) in [6.45, 7) is 2.29. The number of hydrogen-bond donors (Lipinski definition) is 3. The Morgan fingerprint density at radius 3 is 2.50 bits per heavy atom. The Morgan fingerprint density at radius 2 is 1.95 bits per heavy atom.